The summed E-state index contributed by atoms with van der Waals surface area (Å²) < 4.78 is 5.46. The first kappa shape index (κ1) is 26.8. The van der Waals surface area contributed by atoms with E-state index in [0.717, 1.165) is 42.7 Å². The predicted molar refractivity (Wildman–Crippen MR) is 143 cm³/mol. The summed E-state index contributed by atoms with van der Waals surface area (Å²) >= 11 is 0. The highest BCUT2D eigenvalue weighted by molar-refractivity contribution is 5.90. The number of fused-ring (bicyclic) bond motifs is 1. The number of amides is 2. The minimum Gasteiger partial charge on any atom is -0.391 e. The molecule has 2 saturated heterocycles. The van der Waals surface area contributed by atoms with E-state index in [2.05, 4.69) is 17.4 Å². The molecule has 0 aromatic heterocycles. The number of carbonyl (C=O) groups excluding carboxylic acids is 2. The van der Waals surface area contributed by atoms with Crippen LogP contribution in [-0.4, -0.2) is 69.8 Å². The second-order valence-corrected chi connectivity index (χ2v) is 11.2. The molecule has 2 amide bonds. The number of ether oxygens (including phenoxy) is 1. The number of carbonyl (C=O) groups is 2. The maximum absolute atomic E-state index is 13.9. The van der Waals surface area contributed by atoms with Gasteiger partial charge in [0, 0.05) is 39.3 Å². The zero-order chi connectivity index (χ0) is 26.8. The lowest BCUT2D eigenvalue weighted by molar-refractivity contribution is -0.149. The first-order chi connectivity index (χ1) is 18.3. The topological polar surface area (TPSA) is 102 Å². The van der Waals surface area contributed by atoms with Crippen molar-refractivity contribution in [3.8, 4) is 0 Å². The van der Waals surface area contributed by atoms with Crippen LogP contribution in [0.25, 0.3) is 0 Å². The Morgan fingerprint density at radius 3 is 2.45 bits per heavy atom. The third kappa shape index (κ3) is 5.50. The normalized spacial score (nSPS) is 25.0. The Balaban J connectivity index is 1.24. The summed E-state index contributed by atoms with van der Waals surface area (Å²) in [6, 6.07) is 14.6. The molecule has 8 heteroatoms. The number of aliphatic hydroxyl groups excluding tert-OH is 2. The third-order valence-electron chi connectivity index (χ3n) is 8.25. The summed E-state index contributed by atoms with van der Waals surface area (Å²) in [4.78, 5) is 30.4. The Morgan fingerprint density at radius 1 is 1.05 bits per heavy atom. The Morgan fingerprint density at radius 2 is 1.76 bits per heavy atom. The molecule has 3 aliphatic rings. The lowest BCUT2D eigenvalue weighted by atomic mass is 9.91. The van der Waals surface area contributed by atoms with Crippen molar-refractivity contribution in [3.63, 3.8) is 0 Å². The number of hydrogen-bond acceptors (Lipinski definition) is 6. The van der Waals surface area contributed by atoms with Crippen molar-refractivity contribution in [2.75, 3.05) is 19.8 Å². The highest BCUT2D eigenvalue weighted by Crippen LogP contribution is 2.36. The van der Waals surface area contributed by atoms with Gasteiger partial charge in [0.25, 0.3) is 0 Å². The van der Waals surface area contributed by atoms with Gasteiger partial charge in [-0.3, -0.25) is 14.5 Å². The molecule has 3 aliphatic heterocycles. The molecule has 1 unspecified atom stereocenters. The molecule has 4 atom stereocenters. The van der Waals surface area contributed by atoms with E-state index in [4.69, 9.17) is 4.74 Å². The number of nitrogens with zero attached hydrogens (tertiary/aromatic N) is 2. The molecule has 0 spiro atoms. The first-order valence-electron chi connectivity index (χ1n) is 13.8. The van der Waals surface area contributed by atoms with Gasteiger partial charge in [0.15, 0.2) is 0 Å². The lowest BCUT2D eigenvalue weighted by Gasteiger charge is -2.36. The minimum absolute atomic E-state index is 0.0952. The summed E-state index contributed by atoms with van der Waals surface area (Å²) in [5.41, 5.74) is 4.09. The maximum Gasteiger partial charge on any atom is 0.243 e. The van der Waals surface area contributed by atoms with Gasteiger partial charge in [-0.25, -0.2) is 0 Å². The molecule has 2 fully saturated rings. The van der Waals surface area contributed by atoms with Crippen molar-refractivity contribution >= 4 is 11.8 Å². The average Bonchev–Trinajstić information content (AvgIpc) is 3.48. The summed E-state index contributed by atoms with van der Waals surface area (Å²) in [6.45, 7) is 6.42. The van der Waals surface area contributed by atoms with E-state index in [1.165, 1.54) is 10.5 Å². The molecule has 3 heterocycles. The van der Waals surface area contributed by atoms with Crippen LogP contribution in [0.15, 0.2) is 48.5 Å². The van der Waals surface area contributed by atoms with Crippen molar-refractivity contribution in [1.29, 1.82) is 0 Å². The van der Waals surface area contributed by atoms with Crippen LogP contribution >= 0.6 is 0 Å². The maximum atomic E-state index is 13.9. The Kier molecular flexibility index (Phi) is 8.14. The Hall–Kier alpha value is -2.78. The summed E-state index contributed by atoms with van der Waals surface area (Å²) in [5.74, 6) is -0.0783. The van der Waals surface area contributed by atoms with Crippen LogP contribution in [0, 0.1) is 5.92 Å². The van der Waals surface area contributed by atoms with Gasteiger partial charge in [-0.2, -0.15) is 0 Å². The van der Waals surface area contributed by atoms with Gasteiger partial charge in [0.05, 0.1) is 12.1 Å². The molecular formula is C30H39N3O5. The van der Waals surface area contributed by atoms with E-state index in [1.54, 1.807) is 4.90 Å². The first-order valence-corrected chi connectivity index (χ1v) is 13.8. The van der Waals surface area contributed by atoms with Crippen molar-refractivity contribution in [3.05, 3.63) is 70.8 Å². The minimum atomic E-state index is -0.883. The fraction of sp³-hybridized carbons (Fsp3) is 0.533. The summed E-state index contributed by atoms with van der Waals surface area (Å²) in [7, 11) is 0. The molecule has 3 N–H and O–H groups in total. The smallest absolute Gasteiger partial charge is 0.243 e. The van der Waals surface area contributed by atoms with E-state index in [1.807, 2.05) is 50.2 Å². The van der Waals surface area contributed by atoms with Crippen molar-refractivity contribution in [1.82, 2.24) is 15.1 Å². The average molecular weight is 522 g/mol. The molecule has 38 heavy (non-hydrogen) atoms. The zero-order valence-electron chi connectivity index (χ0n) is 22.3. The van der Waals surface area contributed by atoms with E-state index < -0.39 is 24.4 Å². The van der Waals surface area contributed by atoms with Gasteiger partial charge >= 0.3 is 0 Å². The van der Waals surface area contributed by atoms with Crippen LogP contribution in [0.3, 0.4) is 0 Å². The number of β-amino-alcohol motifs (C(OH)–C–C–N with tert-alkyl or cyclic N) is 1. The Labute approximate surface area is 224 Å². The summed E-state index contributed by atoms with van der Waals surface area (Å²) in [5, 5.41) is 24.4. The number of likely N-dealkylation sites (tertiary alicyclic amines) is 1. The molecule has 0 radical (unpaired) electrons. The monoisotopic (exact) mass is 521 g/mol. The number of hydrogen-bond donors (Lipinski definition) is 3. The fourth-order valence-electron chi connectivity index (χ4n) is 6.17. The number of rotatable bonds is 7. The van der Waals surface area contributed by atoms with E-state index in [-0.39, 0.29) is 30.7 Å². The van der Waals surface area contributed by atoms with Crippen molar-refractivity contribution in [2.24, 2.45) is 5.92 Å². The molecule has 8 nitrogen and oxygen atoms in total. The van der Waals surface area contributed by atoms with Gasteiger partial charge in [0.2, 0.25) is 11.8 Å². The summed E-state index contributed by atoms with van der Waals surface area (Å²) in [6.07, 6.45) is 0.617. The number of aliphatic hydroxyl groups is 2. The van der Waals surface area contributed by atoms with E-state index in [9.17, 15) is 19.8 Å². The van der Waals surface area contributed by atoms with Gasteiger partial charge in [0.1, 0.15) is 12.3 Å². The van der Waals surface area contributed by atoms with Gasteiger partial charge in [-0.1, -0.05) is 62.4 Å². The van der Waals surface area contributed by atoms with Crippen LogP contribution in [-0.2, 0) is 27.4 Å². The van der Waals surface area contributed by atoms with E-state index in [0.29, 0.717) is 19.0 Å². The Bertz CT molecular complexity index is 1130. The number of nitrogens with one attached hydrogen (secondary N) is 1. The third-order valence-corrected chi connectivity index (χ3v) is 8.25. The second kappa shape index (κ2) is 11.5. The molecular weight excluding hydrogens is 482 g/mol. The molecule has 2 aromatic carbocycles. The molecule has 0 bridgehead atoms. The van der Waals surface area contributed by atoms with E-state index >= 15 is 0 Å². The van der Waals surface area contributed by atoms with Crippen molar-refractivity contribution in [2.45, 2.75) is 76.5 Å². The van der Waals surface area contributed by atoms with Crippen LogP contribution in [0.2, 0.25) is 0 Å². The van der Waals surface area contributed by atoms with Crippen molar-refractivity contribution < 1.29 is 24.5 Å². The molecule has 5 rings (SSSR count). The van der Waals surface area contributed by atoms with Crippen LogP contribution < -0.4 is 5.32 Å². The lowest BCUT2D eigenvalue weighted by Crippen LogP contribution is -2.54. The number of benzene rings is 2. The molecule has 2 aromatic rings. The highest BCUT2D eigenvalue weighted by Gasteiger charge is 2.46. The molecule has 0 saturated carbocycles. The standard InChI is InChI=1S/C30H39N3O5/c1-19(2)27(33-17-23-5-3-4-6-25(23)29(33)36)30(37)32-18-24(34)15-26(32)28(35)31-16-20-7-9-21(10-8-20)22-11-13-38-14-12-22/h3-10,19,22,24,26-27,29,34,36H,11-18H2,1-2H3,(H,31,35)/t24-,26+,27+,29?/m1/s1. The van der Waals surface area contributed by atoms with Gasteiger partial charge in [-0.05, 0) is 46.9 Å². The largest absolute Gasteiger partial charge is 0.391 e. The van der Waals surface area contributed by atoms with Gasteiger partial charge < -0.3 is 25.2 Å². The van der Waals surface area contributed by atoms with Crippen LogP contribution in [0.4, 0.5) is 0 Å². The van der Waals surface area contributed by atoms with Gasteiger partial charge in [-0.15, -0.1) is 0 Å². The van der Waals surface area contributed by atoms with Crippen LogP contribution in [0.5, 0.6) is 0 Å². The van der Waals surface area contributed by atoms with Crippen LogP contribution in [0.1, 0.15) is 67.5 Å². The quantitative estimate of drug-likeness (QED) is 0.518. The SMILES string of the molecule is CC(C)[C@@H](C(=O)N1C[C@H](O)C[C@H]1C(=O)NCc1ccc(C2CCOCC2)cc1)N1Cc2ccccc2C1O. The second-order valence-electron chi connectivity index (χ2n) is 11.2. The highest BCUT2D eigenvalue weighted by atomic mass is 16.5. The molecule has 0 aliphatic carbocycles. The zero-order valence-corrected chi connectivity index (χ0v) is 22.3. The molecule has 204 valence electrons. The predicted octanol–water partition coefficient (Wildman–Crippen LogP) is 2.69. The fourth-order valence-corrected chi connectivity index (χ4v) is 6.17.